The maximum absolute atomic E-state index is 12.0. The predicted molar refractivity (Wildman–Crippen MR) is 70.1 cm³/mol. The molecule has 1 atom stereocenters. The van der Waals surface area contributed by atoms with Crippen molar-refractivity contribution < 1.29 is 14.7 Å². The molecule has 1 aliphatic rings. The number of amides is 1. The Morgan fingerprint density at radius 3 is 2.63 bits per heavy atom. The molecule has 1 aromatic heterocycles. The molecule has 2 rings (SSSR count). The lowest BCUT2D eigenvalue weighted by Crippen LogP contribution is -2.41. The molecule has 1 fully saturated rings. The highest BCUT2D eigenvalue weighted by atomic mass is 16.4. The Kier molecular flexibility index (Phi) is 3.55. The van der Waals surface area contributed by atoms with E-state index < -0.39 is 5.97 Å². The van der Waals surface area contributed by atoms with Crippen molar-refractivity contribution in [3.05, 3.63) is 29.6 Å². The van der Waals surface area contributed by atoms with Crippen LogP contribution in [0.1, 0.15) is 54.0 Å². The lowest BCUT2D eigenvalue weighted by Gasteiger charge is -2.27. The topological polar surface area (TPSA) is 79.3 Å². The molecule has 1 unspecified atom stereocenters. The molecular formula is C14H18N2O3. The largest absolute Gasteiger partial charge is 0.478 e. The first kappa shape index (κ1) is 13.5. The summed E-state index contributed by atoms with van der Waals surface area (Å²) in [4.78, 5) is 26.7. The Labute approximate surface area is 112 Å². The maximum atomic E-state index is 12.0. The molecule has 1 amide bonds. The van der Waals surface area contributed by atoms with E-state index in [1.807, 2.05) is 0 Å². The van der Waals surface area contributed by atoms with E-state index in [1.54, 1.807) is 0 Å². The summed E-state index contributed by atoms with van der Waals surface area (Å²) in [6.07, 6.45) is 4.40. The van der Waals surface area contributed by atoms with E-state index in [-0.39, 0.29) is 28.6 Å². The third-order valence-corrected chi connectivity index (χ3v) is 3.81. The Morgan fingerprint density at radius 2 is 2.16 bits per heavy atom. The van der Waals surface area contributed by atoms with Crippen LogP contribution >= 0.6 is 0 Å². The van der Waals surface area contributed by atoms with E-state index >= 15 is 0 Å². The molecule has 1 aliphatic carbocycles. The number of hydrogen-bond acceptors (Lipinski definition) is 3. The van der Waals surface area contributed by atoms with Crippen molar-refractivity contribution in [2.24, 2.45) is 5.41 Å². The molecule has 0 saturated heterocycles. The minimum absolute atomic E-state index is 0.0812. The number of carbonyl (C=O) groups is 2. The standard InChI is InChI=1S/C14H18N2O3/c1-14(2)7-3-4-11(14)16-12(17)10-6-5-9(8-15-10)13(18)19/h5-6,8,11H,3-4,7H2,1-2H3,(H,16,17)(H,18,19). The van der Waals surface area contributed by atoms with Gasteiger partial charge >= 0.3 is 5.97 Å². The van der Waals surface area contributed by atoms with Crippen LogP contribution in [0.4, 0.5) is 0 Å². The van der Waals surface area contributed by atoms with Crippen LogP contribution < -0.4 is 5.32 Å². The Hall–Kier alpha value is -1.91. The molecule has 1 aromatic rings. The number of aromatic nitrogens is 1. The van der Waals surface area contributed by atoms with Gasteiger partial charge in [0, 0.05) is 12.2 Å². The number of nitrogens with zero attached hydrogens (tertiary/aromatic N) is 1. The minimum Gasteiger partial charge on any atom is -0.478 e. The molecule has 1 saturated carbocycles. The van der Waals surface area contributed by atoms with Crippen molar-refractivity contribution in [3.8, 4) is 0 Å². The molecule has 0 aliphatic heterocycles. The van der Waals surface area contributed by atoms with E-state index in [0.717, 1.165) is 19.3 Å². The van der Waals surface area contributed by atoms with E-state index in [4.69, 9.17) is 5.11 Å². The van der Waals surface area contributed by atoms with Gasteiger partial charge in [-0.15, -0.1) is 0 Å². The Morgan fingerprint density at radius 1 is 1.42 bits per heavy atom. The monoisotopic (exact) mass is 262 g/mol. The quantitative estimate of drug-likeness (QED) is 0.874. The summed E-state index contributed by atoms with van der Waals surface area (Å²) >= 11 is 0. The fourth-order valence-corrected chi connectivity index (χ4v) is 2.48. The Bertz CT molecular complexity index is 494. The number of carboxylic acid groups (broad SMARTS) is 1. The fourth-order valence-electron chi connectivity index (χ4n) is 2.48. The number of hydrogen-bond donors (Lipinski definition) is 2. The van der Waals surface area contributed by atoms with Gasteiger partial charge in [0.05, 0.1) is 5.56 Å². The normalized spacial score (nSPS) is 21.1. The average Bonchev–Trinajstić information content (AvgIpc) is 2.69. The lowest BCUT2D eigenvalue weighted by molar-refractivity contribution is 0.0695. The zero-order valence-electron chi connectivity index (χ0n) is 11.1. The second-order valence-electron chi connectivity index (χ2n) is 5.64. The molecule has 102 valence electrons. The van der Waals surface area contributed by atoms with Crippen LogP contribution in [0.2, 0.25) is 0 Å². The first-order valence-electron chi connectivity index (χ1n) is 6.40. The van der Waals surface area contributed by atoms with Gasteiger partial charge in [-0.2, -0.15) is 0 Å². The zero-order chi connectivity index (χ0) is 14.0. The van der Waals surface area contributed by atoms with Crippen molar-refractivity contribution in [2.75, 3.05) is 0 Å². The van der Waals surface area contributed by atoms with Gasteiger partial charge in [-0.1, -0.05) is 20.3 Å². The molecule has 0 aromatic carbocycles. The van der Waals surface area contributed by atoms with Crippen molar-refractivity contribution in [1.82, 2.24) is 10.3 Å². The molecule has 0 radical (unpaired) electrons. The van der Waals surface area contributed by atoms with Crippen LogP contribution in [0.5, 0.6) is 0 Å². The number of aromatic carboxylic acids is 1. The number of nitrogens with one attached hydrogen (secondary N) is 1. The van der Waals surface area contributed by atoms with E-state index in [0.29, 0.717) is 0 Å². The third-order valence-electron chi connectivity index (χ3n) is 3.81. The van der Waals surface area contributed by atoms with Gasteiger partial charge in [-0.3, -0.25) is 9.78 Å². The number of carbonyl (C=O) groups excluding carboxylic acids is 1. The van der Waals surface area contributed by atoms with Gasteiger partial charge in [-0.05, 0) is 30.4 Å². The number of carboxylic acids is 1. The van der Waals surface area contributed by atoms with Gasteiger partial charge in [0.2, 0.25) is 0 Å². The van der Waals surface area contributed by atoms with E-state index in [1.165, 1.54) is 18.3 Å². The third kappa shape index (κ3) is 2.92. The summed E-state index contributed by atoms with van der Waals surface area (Å²) < 4.78 is 0. The summed E-state index contributed by atoms with van der Waals surface area (Å²) in [7, 11) is 0. The van der Waals surface area contributed by atoms with Crippen LogP contribution in [0.15, 0.2) is 18.3 Å². The first-order valence-corrected chi connectivity index (χ1v) is 6.40. The van der Waals surface area contributed by atoms with Gasteiger partial charge in [0.25, 0.3) is 5.91 Å². The second-order valence-corrected chi connectivity index (χ2v) is 5.64. The molecule has 2 N–H and O–H groups in total. The fraction of sp³-hybridized carbons (Fsp3) is 0.500. The first-order chi connectivity index (χ1) is 8.90. The van der Waals surface area contributed by atoms with Crippen molar-refractivity contribution in [1.29, 1.82) is 0 Å². The van der Waals surface area contributed by atoms with Crippen LogP contribution in [-0.2, 0) is 0 Å². The van der Waals surface area contributed by atoms with Crippen LogP contribution in [0.3, 0.4) is 0 Å². The Balaban J connectivity index is 2.06. The highest BCUT2D eigenvalue weighted by Crippen LogP contribution is 2.37. The predicted octanol–water partition coefficient (Wildman–Crippen LogP) is 2.09. The van der Waals surface area contributed by atoms with Crippen molar-refractivity contribution in [2.45, 2.75) is 39.2 Å². The number of rotatable bonds is 3. The molecule has 19 heavy (non-hydrogen) atoms. The minimum atomic E-state index is -1.05. The van der Waals surface area contributed by atoms with Crippen LogP contribution in [-0.4, -0.2) is 28.0 Å². The molecule has 0 spiro atoms. The summed E-state index contributed by atoms with van der Waals surface area (Å²) in [5, 5.41) is 11.8. The van der Waals surface area contributed by atoms with Crippen LogP contribution in [0, 0.1) is 5.41 Å². The van der Waals surface area contributed by atoms with Crippen molar-refractivity contribution >= 4 is 11.9 Å². The zero-order valence-corrected chi connectivity index (χ0v) is 11.1. The SMILES string of the molecule is CC1(C)CCCC1NC(=O)c1ccc(C(=O)O)cn1. The van der Waals surface area contributed by atoms with Crippen molar-refractivity contribution in [3.63, 3.8) is 0 Å². The second kappa shape index (κ2) is 4.99. The molecule has 1 heterocycles. The van der Waals surface area contributed by atoms with E-state index in [2.05, 4.69) is 24.1 Å². The average molecular weight is 262 g/mol. The van der Waals surface area contributed by atoms with Gasteiger partial charge in [0.1, 0.15) is 5.69 Å². The van der Waals surface area contributed by atoms with E-state index in [9.17, 15) is 9.59 Å². The number of pyridine rings is 1. The lowest BCUT2D eigenvalue weighted by atomic mass is 9.87. The van der Waals surface area contributed by atoms with Gasteiger partial charge in [-0.25, -0.2) is 4.79 Å². The maximum Gasteiger partial charge on any atom is 0.337 e. The molecular weight excluding hydrogens is 244 g/mol. The summed E-state index contributed by atoms with van der Waals surface area (Å²) in [5.74, 6) is -1.28. The highest BCUT2D eigenvalue weighted by molar-refractivity contribution is 5.94. The molecule has 5 nitrogen and oxygen atoms in total. The summed E-state index contributed by atoms with van der Waals surface area (Å²) in [5.41, 5.74) is 0.446. The molecule has 0 bridgehead atoms. The highest BCUT2D eigenvalue weighted by Gasteiger charge is 2.35. The van der Waals surface area contributed by atoms with Crippen LogP contribution in [0.25, 0.3) is 0 Å². The van der Waals surface area contributed by atoms with Gasteiger partial charge < -0.3 is 10.4 Å². The molecule has 5 heteroatoms. The summed E-state index contributed by atoms with van der Waals surface area (Å²) in [6.45, 7) is 4.29. The smallest absolute Gasteiger partial charge is 0.337 e. The van der Waals surface area contributed by atoms with Gasteiger partial charge in [0.15, 0.2) is 0 Å². The summed E-state index contributed by atoms with van der Waals surface area (Å²) in [6, 6.07) is 2.99.